The molecule has 0 aliphatic heterocycles. The molecule has 0 aliphatic rings. The minimum Gasteiger partial charge on any atom is -0.489 e. The van der Waals surface area contributed by atoms with Gasteiger partial charge in [-0.3, -0.25) is 9.89 Å². The third-order valence-electron chi connectivity index (χ3n) is 4.67. The largest absolute Gasteiger partial charge is 0.489 e. The number of hydrogen-bond donors (Lipinski definition) is 2. The number of thiophene rings is 1. The Kier molecular flexibility index (Phi) is 5.92. The summed E-state index contributed by atoms with van der Waals surface area (Å²) in [6.07, 6.45) is 3.26. The van der Waals surface area contributed by atoms with E-state index in [1.807, 2.05) is 12.1 Å². The third kappa shape index (κ3) is 4.12. The Labute approximate surface area is 186 Å². The molecule has 0 spiro atoms. The number of amides is 1. The average molecular weight is 456 g/mol. The molecule has 0 saturated carbocycles. The number of esters is 1. The fraction of sp³-hybridized carbons (Fsp3) is 0.136. The number of nitrogens with two attached hydrogens (primary N) is 1. The molecule has 2 aromatic heterocycles. The van der Waals surface area contributed by atoms with Crippen molar-refractivity contribution in [2.75, 3.05) is 6.61 Å². The first-order valence-electron chi connectivity index (χ1n) is 9.42. The number of primary amides is 1. The van der Waals surface area contributed by atoms with Crippen LogP contribution in [0.2, 0.25) is 5.02 Å². The lowest BCUT2D eigenvalue weighted by Gasteiger charge is -2.11. The molecule has 4 rings (SSSR count). The number of fused-ring (bicyclic) bond motifs is 1. The van der Waals surface area contributed by atoms with E-state index in [2.05, 4.69) is 10.2 Å². The summed E-state index contributed by atoms with van der Waals surface area (Å²) in [6, 6.07) is 10.5. The lowest BCUT2D eigenvalue weighted by Crippen LogP contribution is -2.12. The quantitative estimate of drug-likeness (QED) is 0.389. The first-order chi connectivity index (χ1) is 15.0. The van der Waals surface area contributed by atoms with Crippen LogP contribution in [0.1, 0.15) is 32.5 Å². The number of carbonyl (C=O) groups is 2. The molecule has 0 radical (unpaired) electrons. The van der Waals surface area contributed by atoms with Gasteiger partial charge in [-0.2, -0.15) is 5.10 Å². The Bertz CT molecular complexity index is 1270. The number of hydrogen-bond acceptors (Lipinski definition) is 6. The Balaban J connectivity index is 1.71. The number of nitrogens with zero attached hydrogens (tertiary/aromatic N) is 1. The molecule has 4 aromatic rings. The normalized spacial score (nSPS) is 10.9. The Morgan fingerprint density at radius 3 is 2.81 bits per heavy atom. The fourth-order valence-electron chi connectivity index (χ4n) is 3.29. The molecule has 2 heterocycles. The Morgan fingerprint density at radius 2 is 2.10 bits per heavy atom. The molecule has 0 fully saturated rings. The van der Waals surface area contributed by atoms with Gasteiger partial charge < -0.3 is 15.2 Å². The molecule has 0 atom stereocenters. The van der Waals surface area contributed by atoms with Crippen LogP contribution in [0.5, 0.6) is 5.75 Å². The van der Waals surface area contributed by atoms with E-state index >= 15 is 0 Å². The maximum atomic E-state index is 12.5. The van der Waals surface area contributed by atoms with Gasteiger partial charge in [0.25, 0.3) is 0 Å². The van der Waals surface area contributed by atoms with Crippen molar-refractivity contribution < 1.29 is 19.1 Å². The van der Waals surface area contributed by atoms with E-state index in [0.717, 1.165) is 10.1 Å². The van der Waals surface area contributed by atoms with Gasteiger partial charge in [-0.1, -0.05) is 17.7 Å². The monoisotopic (exact) mass is 455 g/mol. The number of rotatable bonds is 7. The van der Waals surface area contributed by atoms with Crippen molar-refractivity contribution in [3.63, 3.8) is 0 Å². The van der Waals surface area contributed by atoms with E-state index < -0.39 is 11.9 Å². The summed E-state index contributed by atoms with van der Waals surface area (Å²) in [4.78, 5) is 24.8. The highest BCUT2D eigenvalue weighted by atomic mass is 35.5. The lowest BCUT2D eigenvalue weighted by molar-refractivity contribution is 0.0529. The molecule has 0 unspecified atom stereocenters. The summed E-state index contributed by atoms with van der Waals surface area (Å²) in [6.45, 7) is 2.12. The summed E-state index contributed by atoms with van der Waals surface area (Å²) in [7, 11) is 0. The molecule has 0 bridgehead atoms. The minimum atomic E-state index is -0.553. The molecule has 7 nitrogen and oxygen atoms in total. The van der Waals surface area contributed by atoms with Crippen LogP contribution in [0.4, 0.5) is 0 Å². The number of ether oxygens (including phenoxy) is 2. The van der Waals surface area contributed by atoms with Crippen molar-refractivity contribution in [3.8, 4) is 16.9 Å². The first-order valence-corrected chi connectivity index (χ1v) is 10.6. The van der Waals surface area contributed by atoms with Crippen molar-refractivity contribution in [1.29, 1.82) is 0 Å². The van der Waals surface area contributed by atoms with Crippen LogP contribution in [-0.2, 0) is 11.3 Å². The van der Waals surface area contributed by atoms with Crippen LogP contribution in [0.15, 0.2) is 48.8 Å². The molecular formula is C22H18ClN3O4S. The van der Waals surface area contributed by atoms with Crippen LogP contribution < -0.4 is 10.5 Å². The van der Waals surface area contributed by atoms with E-state index in [1.165, 1.54) is 11.3 Å². The maximum absolute atomic E-state index is 12.5. The van der Waals surface area contributed by atoms with Crippen molar-refractivity contribution in [3.05, 3.63) is 69.8 Å². The first kappa shape index (κ1) is 20.9. The second-order valence-corrected chi connectivity index (χ2v) is 8.05. The predicted molar refractivity (Wildman–Crippen MR) is 120 cm³/mol. The Morgan fingerprint density at radius 1 is 1.26 bits per heavy atom. The SMILES string of the molecule is CCOC(=O)c1sc2cccc(Cl)c2c1COc1ccc(C(N)=O)c(-c2cn[nH]c2)c1. The highest BCUT2D eigenvalue weighted by molar-refractivity contribution is 7.21. The standard InChI is InChI=1S/C22H18ClN3O4S/c1-2-29-22(28)20-16(19-17(23)4-3-5-18(19)31-20)11-30-13-6-7-14(21(24)27)15(8-13)12-9-25-26-10-12/h3-10H,2,11H2,1H3,(H2,24,27)(H,25,26). The van der Waals surface area contributed by atoms with E-state index in [9.17, 15) is 9.59 Å². The summed E-state index contributed by atoms with van der Waals surface area (Å²) in [5.41, 5.74) is 7.82. The predicted octanol–water partition coefficient (Wildman–Crippen LogP) is 4.80. The van der Waals surface area contributed by atoms with Gasteiger partial charge in [0.2, 0.25) is 5.91 Å². The van der Waals surface area contributed by atoms with E-state index in [-0.39, 0.29) is 13.2 Å². The molecule has 0 saturated heterocycles. The average Bonchev–Trinajstić information content (AvgIpc) is 3.41. The third-order valence-corrected chi connectivity index (χ3v) is 6.17. The van der Waals surface area contributed by atoms with Crippen molar-refractivity contribution >= 4 is 44.9 Å². The molecule has 2 aromatic carbocycles. The molecule has 3 N–H and O–H groups in total. The molecule has 0 aliphatic carbocycles. The van der Waals surface area contributed by atoms with Crippen LogP contribution in [0.3, 0.4) is 0 Å². The highest BCUT2D eigenvalue weighted by Gasteiger charge is 2.22. The van der Waals surface area contributed by atoms with Crippen molar-refractivity contribution in [1.82, 2.24) is 10.2 Å². The molecule has 31 heavy (non-hydrogen) atoms. The van der Waals surface area contributed by atoms with Gasteiger partial charge >= 0.3 is 5.97 Å². The molecule has 158 valence electrons. The smallest absolute Gasteiger partial charge is 0.348 e. The topological polar surface area (TPSA) is 107 Å². The molecule has 9 heteroatoms. The zero-order valence-electron chi connectivity index (χ0n) is 16.5. The van der Waals surface area contributed by atoms with E-state index in [1.54, 1.807) is 43.6 Å². The Hall–Kier alpha value is -3.36. The van der Waals surface area contributed by atoms with Gasteiger partial charge in [-0.25, -0.2) is 4.79 Å². The summed E-state index contributed by atoms with van der Waals surface area (Å²) in [5, 5.41) is 7.94. The highest BCUT2D eigenvalue weighted by Crippen LogP contribution is 2.37. The van der Waals surface area contributed by atoms with Crippen molar-refractivity contribution in [2.45, 2.75) is 13.5 Å². The van der Waals surface area contributed by atoms with Gasteiger partial charge in [-0.05, 0) is 37.3 Å². The van der Waals surface area contributed by atoms with Crippen LogP contribution in [0, 0.1) is 0 Å². The van der Waals surface area contributed by atoms with Gasteiger partial charge in [0, 0.05) is 43.6 Å². The second kappa shape index (κ2) is 8.79. The minimum absolute atomic E-state index is 0.0959. The number of halogens is 1. The van der Waals surface area contributed by atoms with Crippen LogP contribution >= 0.6 is 22.9 Å². The van der Waals surface area contributed by atoms with Gasteiger partial charge in [0.05, 0.1) is 12.8 Å². The zero-order valence-corrected chi connectivity index (χ0v) is 18.0. The van der Waals surface area contributed by atoms with Crippen LogP contribution in [0.25, 0.3) is 21.2 Å². The molecule has 1 amide bonds. The number of aromatic nitrogens is 2. The number of aromatic amines is 1. The van der Waals surface area contributed by atoms with Gasteiger partial charge in [0.15, 0.2) is 0 Å². The summed E-state index contributed by atoms with van der Waals surface area (Å²) < 4.78 is 12.1. The van der Waals surface area contributed by atoms with Gasteiger partial charge in [0.1, 0.15) is 17.2 Å². The number of carbonyl (C=O) groups excluding carboxylic acids is 2. The van der Waals surface area contributed by atoms with E-state index in [4.69, 9.17) is 26.8 Å². The van der Waals surface area contributed by atoms with E-state index in [0.29, 0.717) is 37.9 Å². The zero-order chi connectivity index (χ0) is 22.0. The lowest BCUT2D eigenvalue weighted by atomic mass is 10.0. The van der Waals surface area contributed by atoms with Crippen LogP contribution in [-0.4, -0.2) is 28.7 Å². The summed E-state index contributed by atoms with van der Waals surface area (Å²) >= 11 is 7.74. The summed E-state index contributed by atoms with van der Waals surface area (Å²) in [5.74, 6) is -0.466. The molecular weight excluding hydrogens is 438 g/mol. The second-order valence-electron chi connectivity index (χ2n) is 6.59. The fourth-order valence-corrected chi connectivity index (χ4v) is 4.76. The van der Waals surface area contributed by atoms with Crippen molar-refractivity contribution in [2.24, 2.45) is 5.73 Å². The maximum Gasteiger partial charge on any atom is 0.348 e. The number of benzene rings is 2. The number of H-pyrrole nitrogens is 1. The van der Waals surface area contributed by atoms with Gasteiger partial charge in [-0.15, -0.1) is 11.3 Å². The number of nitrogens with one attached hydrogen (secondary N) is 1.